The van der Waals surface area contributed by atoms with Crippen molar-refractivity contribution in [3.8, 4) is 0 Å². The number of para-hydroxylation sites is 1. The Bertz CT molecular complexity index is 1260. The van der Waals surface area contributed by atoms with Gasteiger partial charge in [-0.15, -0.1) is 0 Å². The third-order valence-corrected chi connectivity index (χ3v) is 5.96. The molecule has 3 aromatic rings. The fraction of sp³-hybridized carbons (Fsp3) is 0.375. The molecule has 0 fully saturated rings. The Morgan fingerprint density at radius 1 is 0.974 bits per heavy atom. The molecule has 38 heavy (non-hydrogen) atoms. The average Bonchev–Trinajstić information content (AvgIpc) is 3.55. The number of aliphatic hydroxyl groups excluding tert-OH is 2. The van der Waals surface area contributed by atoms with Crippen molar-refractivity contribution < 1.29 is 34.5 Å². The van der Waals surface area contributed by atoms with Gasteiger partial charge in [0.15, 0.2) is 0 Å². The number of aliphatic hydroxyl groups is 2. The maximum Gasteiger partial charge on any atom is 0.328 e. The lowest BCUT2D eigenvalue weighted by Crippen LogP contribution is -2.59. The number of aromatic amines is 2. The van der Waals surface area contributed by atoms with E-state index in [9.17, 15) is 34.5 Å². The van der Waals surface area contributed by atoms with E-state index in [0.717, 1.165) is 10.9 Å². The van der Waals surface area contributed by atoms with Gasteiger partial charge < -0.3 is 47.0 Å². The molecule has 3 rings (SSSR count). The number of fused-ring (bicyclic) bond motifs is 1. The van der Waals surface area contributed by atoms with Gasteiger partial charge in [-0.1, -0.05) is 18.2 Å². The van der Waals surface area contributed by atoms with Gasteiger partial charge in [0.05, 0.1) is 19.0 Å². The lowest BCUT2D eigenvalue weighted by Gasteiger charge is -2.25. The maximum atomic E-state index is 13.5. The van der Waals surface area contributed by atoms with Gasteiger partial charge in [-0.25, -0.2) is 9.78 Å². The predicted octanol–water partition coefficient (Wildman–Crippen LogP) is -2.08. The number of imidazole rings is 1. The molecule has 10 N–H and O–H groups in total. The van der Waals surface area contributed by atoms with Crippen LogP contribution < -0.4 is 21.7 Å². The Labute approximate surface area is 217 Å². The summed E-state index contributed by atoms with van der Waals surface area (Å²) >= 11 is 0. The van der Waals surface area contributed by atoms with Crippen molar-refractivity contribution >= 4 is 34.6 Å². The molecule has 0 saturated heterocycles. The number of H-pyrrole nitrogens is 2. The molecule has 14 nitrogen and oxygen atoms in total. The van der Waals surface area contributed by atoms with E-state index < -0.39 is 60.6 Å². The number of carboxylic acid groups (broad SMARTS) is 1. The molecule has 0 aliphatic rings. The molecule has 204 valence electrons. The van der Waals surface area contributed by atoms with Gasteiger partial charge in [0.2, 0.25) is 17.7 Å². The molecule has 0 aliphatic heterocycles. The molecule has 2 heterocycles. The first-order chi connectivity index (χ1) is 18.1. The van der Waals surface area contributed by atoms with Crippen LogP contribution in [0.3, 0.4) is 0 Å². The number of aromatic nitrogens is 3. The Morgan fingerprint density at radius 3 is 2.21 bits per heavy atom. The van der Waals surface area contributed by atoms with Gasteiger partial charge in [-0.2, -0.15) is 0 Å². The largest absolute Gasteiger partial charge is 0.480 e. The topological polar surface area (TPSA) is 236 Å². The van der Waals surface area contributed by atoms with Crippen molar-refractivity contribution in [2.24, 2.45) is 5.73 Å². The fourth-order valence-electron chi connectivity index (χ4n) is 3.77. The second kappa shape index (κ2) is 12.8. The quantitative estimate of drug-likeness (QED) is 0.118. The summed E-state index contributed by atoms with van der Waals surface area (Å²) in [6, 6.07) is 1.95. The summed E-state index contributed by atoms with van der Waals surface area (Å²) in [7, 11) is 0. The summed E-state index contributed by atoms with van der Waals surface area (Å²) in [5.41, 5.74) is 7.74. The second-order valence-electron chi connectivity index (χ2n) is 8.82. The molecule has 0 bridgehead atoms. The number of nitrogens with two attached hydrogens (primary N) is 1. The van der Waals surface area contributed by atoms with Gasteiger partial charge in [0, 0.05) is 41.8 Å². The number of carbonyl (C=O) groups excluding carboxylic acids is 3. The van der Waals surface area contributed by atoms with Crippen LogP contribution in [0.1, 0.15) is 18.2 Å². The molecule has 5 unspecified atom stereocenters. The monoisotopic (exact) mass is 529 g/mol. The Hall–Kier alpha value is -4.27. The van der Waals surface area contributed by atoms with Crippen molar-refractivity contribution in [3.63, 3.8) is 0 Å². The molecule has 5 atom stereocenters. The molecule has 14 heteroatoms. The molecule has 3 amide bonds. The highest BCUT2D eigenvalue weighted by Gasteiger charge is 2.31. The first-order valence-electron chi connectivity index (χ1n) is 11.8. The molecule has 1 aromatic carbocycles. The number of aliphatic carboxylic acids is 1. The first-order valence-corrected chi connectivity index (χ1v) is 11.8. The van der Waals surface area contributed by atoms with Gasteiger partial charge >= 0.3 is 5.97 Å². The van der Waals surface area contributed by atoms with E-state index in [1.54, 1.807) is 6.20 Å². The number of hydrogen-bond acceptors (Lipinski definition) is 8. The van der Waals surface area contributed by atoms with Crippen LogP contribution in [0.4, 0.5) is 0 Å². The third kappa shape index (κ3) is 7.15. The van der Waals surface area contributed by atoms with E-state index in [0.29, 0.717) is 11.3 Å². The normalized spacial score (nSPS) is 15.2. The zero-order valence-electron chi connectivity index (χ0n) is 20.5. The van der Waals surface area contributed by atoms with Crippen LogP contribution in [0.25, 0.3) is 10.9 Å². The summed E-state index contributed by atoms with van der Waals surface area (Å²) in [6.07, 6.45) is 3.24. The molecular weight excluding hydrogens is 498 g/mol. The predicted molar refractivity (Wildman–Crippen MR) is 134 cm³/mol. The molecule has 0 aliphatic carbocycles. The molecule has 2 aromatic heterocycles. The number of carbonyl (C=O) groups is 4. The van der Waals surface area contributed by atoms with Crippen LogP contribution in [-0.4, -0.2) is 90.8 Å². The number of nitrogens with one attached hydrogen (secondary N) is 5. The standard InChI is InChI=1S/C24H31N7O7/c1-12(33)20(25)23(36)30-17(6-13-8-27-16-5-3-2-4-15(13)16)21(34)29-18(7-14-9-26-11-28-14)22(35)31-19(10-32)24(37)38/h2-5,8-9,11-12,17-20,27,32-33H,6-7,10,25H2,1H3,(H,26,28)(H,29,34)(H,30,36)(H,31,35)(H,37,38). The minimum atomic E-state index is -1.59. The summed E-state index contributed by atoms with van der Waals surface area (Å²) in [5, 5.41) is 36.3. The highest BCUT2D eigenvalue weighted by molar-refractivity contribution is 5.95. The highest BCUT2D eigenvalue weighted by atomic mass is 16.4. The molecule has 0 radical (unpaired) electrons. The van der Waals surface area contributed by atoms with E-state index in [1.165, 1.54) is 19.4 Å². The van der Waals surface area contributed by atoms with E-state index in [-0.39, 0.29) is 12.8 Å². The van der Waals surface area contributed by atoms with Crippen LogP contribution >= 0.6 is 0 Å². The van der Waals surface area contributed by atoms with Crippen molar-refractivity contribution in [1.82, 2.24) is 30.9 Å². The van der Waals surface area contributed by atoms with Crippen LogP contribution in [-0.2, 0) is 32.0 Å². The van der Waals surface area contributed by atoms with Gasteiger partial charge in [-0.05, 0) is 18.6 Å². The Morgan fingerprint density at radius 2 is 1.61 bits per heavy atom. The molecule has 0 saturated carbocycles. The number of hydrogen-bond donors (Lipinski definition) is 9. The van der Waals surface area contributed by atoms with Crippen LogP contribution in [0.15, 0.2) is 43.0 Å². The lowest BCUT2D eigenvalue weighted by molar-refractivity contribution is -0.143. The number of nitrogens with zero attached hydrogens (tertiary/aromatic N) is 1. The van der Waals surface area contributed by atoms with Crippen LogP contribution in [0, 0.1) is 0 Å². The first kappa shape index (κ1) is 28.3. The van der Waals surface area contributed by atoms with Gasteiger partial charge in [0.1, 0.15) is 24.2 Å². The van der Waals surface area contributed by atoms with E-state index >= 15 is 0 Å². The van der Waals surface area contributed by atoms with E-state index in [2.05, 4.69) is 30.9 Å². The lowest BCUT2D eigenvalue weighted by atomic mass is 10.0. The molecular formula is C24H31N7O7. The van der Waals surface area contributed by atoms with E-state index in [1.807, 2.05) is 24.3 Å². The zero-order chi connectivity index (χ0) is 27.8. The maximum absolute atomic E-state index is 13.5. The second-order valence-corrected chi connectivity index (χ2v) is 8.82. The summed E-state index contributed by atoms with van der Waals surface area (Å²) in [4.78, 5) is 60.1. The Balaban J connectivity index is 1.87. The zero-order valence-corrected chi connectivity index (χ0v) is 20.5. The van der Waals surface area contributed by atoms with Gasteiger partial charge in [0.25, 0.3) is 0 Å². The van der Waals surface area contributed by atoms with Crippen molar-refractivity contribution in [1.29, 1.82) is 0 Å². The summed E-state index contributed by atoms with van der Waals surface area (Å²) in [5.74, 6) is -3.85. The van der Waals surface area contributed by atoms with Crippen molar-refractivity contribution in [2.45, 2.75) is 50.0 Å². The average molecular weight is 530 g/mol. The van der Waals surface area contributed by atoms with Crippen molar-refractivity contribution in [2.75, 3.05) is 6.61 Å². The summed E-state index contributed by atoms with van der Waals surface area (Å²) in [6.45, 7) is 0.478. The number of amides is 3. The SMILES string of the molecule is CC(O)C(N)C(=O)NC(Cc1c[nH]c2ccccc12)C(=O)NC(Cc1cnc[nH]1)C(=O)NC(CO)C(=O)O. The number of rotatable bonds is 13. The number of carboxylic acids is 1. The van der Waals surface area contributed by atoms with Crippen LogP contribution in [0.5, 0.6) is 0 Å². The smallest absolute Gasteiger partial charge is 0.328 e. The minimum absolute atomic E-state index is 0.0148. The third-order valence-electron chi connectivity index (χ3n) is 5.96. The van der Waals surface area contributed by atoms with Crippen molar-refractivity contribution in [3.05, 3.63) is 54.2 Å². The number of benzene rings is 1. The van der Waals surface area contributed by atoms with Crippen LogP contribution in [0.2, 0.25) is 0 Å². The fourth-order valence-corrected chi connectivity index (χ4v) is 3.77. The van der Waals surface area contributed by atoms with Gasteiger partial charge in [-0.3, -0.25) is 14.4 Å². The molecule has 0 spiro atoms. The van der Waals surface area contributed by atoms with E-state index in [4.69, 9.17) is 5.73 Å². The Kier molecular flexibility index (Phi) is 9.54. The highest BCUT2D eigenvalue weighted by Crippen LogP contribution is 2.19. The summed E-state index contributed by atoms with van der Waals surface area (Å²) < 4.78 is 0. The minimum Gasteiger partial charge on any atom is -0.480 e.